The first-order valence-corrected chi connectivity index (χ1v) is 6.85. The molecule has 0 unspecified atom stereocenters. The minimum atomic E-state index is 0.185. The summed E-state index contributed by atoms with van der Waals surface area (Å²) < 4.78 is 0. The van der Waals surface area contributed by atoms with Crippen molar-refractivity contribution in [3.8, 4) is 0 Å². The number of hydrogen-bond acceptors (Lipinski definition) is 3. The van der Waals surface area contributed by atoms with Gasteiger partial charge in [-0.1, -0.05) is 6.42 Å². The molecule has 3 fully saturated rings. The Morgan fingerprint density at radius 1 is 1.47 bits per heavy atom. The average Bonchev–Trinajstić information content (AvgIpc) is 2.94. The number of aliphatic hydroxyl groups is 1. The zero-order valence-corrected chi connectivity index (χ0v) is 10.3. The van der Waals surface area contributed by atoms with Crippen molar-refractivity contribution in [1.82, 2.24) is 10.2 Å². The van der Waals surface area contributed by atoms with Gasteiger partial charge in [-0.05, 0) is 31.2 Å². The van der Waals surface area contributed by atoms with E-state index in [1.165, 1.54) is 19.3 Å². The van der Waals surface area contributed by atoms with E-state index in [4.69, 9.17) is 0 Å². The van der Waals surface area contributed by atoms with Gasteiger partial charge in [0.25, 0.3) is 0 Å². The highest BCUT2D eigenvalue weighted by molar-refractivity contribution is 5.79. The predicted molar refractivity (Wildman–Crippen MR) is 64.4 cm³/mol. The summed E-state index contributed by atoms with van der Waals surface area (Å²) in [6, 6.07) is 0. The van der Waals surface area contributed by atoms with Crippen LogP contribution in [-0.2, 0) is 4.79 Å². The van der Waals surface area contributed by atoms with Crippen LogP contribution >= 0.6 is 0 Å². The second kappa shape index (κ2) is 4.25. The van der Waals surface area contributed by atoms with E-state index in [1.54, 1.807) is 0 Å². The van der Waals surface area contributed by atoms with E-state index in [0.717, 1.165) is 32.6 Å². The maximum Gasteiger partial charge on any atom is 0.227 e. The van der Waals surface area contributed by atoms with Crippen LogP contribution in [0.25, 0.3) is 0 Å². The van der Waals surface area contributed by atoms with Gasteiger partial charge in [0, 0.05) is 32.2 Å². The molecule has 2 saturated heterocycles. The number of nitrogens with zero attached hydrogens (tertiary/aromatic N) is 1. The van der Waals surface area contributed by atoms with E-state index in [0.29, 0.717) is 11.8 Å². The van der Waals surface area contributed by atoms with Crippen LogP contribution in [0.3, 0.4) is 0 Å². The summed E-state index contributed by atoms with van der Waals surface area (Å²) in [6.07, 6.45) is 4.64. The van der Waals surface area contributed by atoms with Gasteiger partial charge in [0.05, 0.1) is 5.92 Å². The van der Waals surface area contributed by atoms with Crippen molar-refractivity contribution in [1.29, 1.82) is 0 Å². The molecule has 4 nitrogen and oxygen atoms in total. The number of amides is 1. The molecule has 1 saturated carbocycles. The first kappa shape index (κ1) is 11.5. The lowest BCUT2D eigenvalue weighted by Gasteiger charge is -2.42. The summed E-state index contributed by atoms with van der Waals surface area (Å²) in [7, 11) is 0. The molecular weight excluding hydrogens is 216 g/mol. The fourth-order valence-corrected chi connectivity index (χ4v) is 3.77. The van der Waals surface area contributed by atoms with Crippen molar-refractivity contribution < 1.29 is 9.90 Å². The summed E-state index contributed by atoms with van der Waals surface area (Å²) in [5, 5.41) is 12.7. The molecule has 3 aliphatic rings. The average molecular weight is 238 g/mol. The first-order valence-electron chi connectivity index (χ1n) is 6.85. The zero-order valence-electron chi connectivity index (χ0n) is 10.3. The van der Waals surface area contributed by atoms with E-state index < -0.39 is 0 Å². The Bertz CT molecular complexity index is 309. The minimum Gasteiger partial charge on any atom is -0.396 e. The SMILES string of the molecule is O=C([C@H]1CCNC1)N1C[C@H](CO)C2(CCC2)C1. The summed E-state index contributed by atoms with van der Waals surface area (Å²) in [5.41, 5.74) is 0.274. The second-order valence-electron chi connectivity index (χ2n) is 6.00. The van der Waals surface area contributed by atoms with E-state index >= 15 is 0 Å². The largest absolute Gasteiger partial charge is 0.396 e. The number of carbonyl (C=O) groups is 1. The van der Waals surface area contributed by atoms with Crippen molar-refractivity contribution in [3.63, 3.8) is 0 Å². The number of nitrogens with one attached hydrogen (secondary N) is 1. The Hall–Kier alpha value is -0.610. The predicted octanol–water partition coefficient (Wildman–Crippen LogP) is 0.217. The molecule has 3 rings (SSSR count). The van der Waals surface area contributed by atoms with Crippen LogP contribution in [0, 0.1) is 17.3 Å². The van der Waals surface area contributed by atoms with Crippen molar-refractivity contribution in [3.05, 3.63) is 0 Å². The third-order valence-corrected chi connectivity index (χ3v) is 5.10. The molecular formula is C13H22N2O2. The van der Waals surface area contributed by atoms with Gasteiger partial charge in [0.2, 0.25) is 5.91 Å². The molecule has 0 aromatic heterocycles. The summed E-state index contributed by atoms with van der Waals surface area (Å²) in [4.78, 5) is 14.4. The number of carbonyl (C=O) groups excluding carboxylic acids is 1. The Labute approximate surface area is 102 Å². The van der Waals surface area contributed by atoms with E-state index in [1.807, 2.05) is 4.90 Å². The monoisotopic (exact) mass is 238 g/mol. The Morgan fingerprint density at radius 2 is 2.29 bits per heavy atom. The molecule has 2 aliphatic heterocycles. The number of likely N-dealkylation sites (tertiary alicyclic amines) is 1. The molecule has 1 amide bonds. The van der Waals surface area contributed by atoms with Gasteiger partial charge in [-0.25, -0.2) is 0 Å². The van der Waals surface area contributed by atoms with E-state index in [9.17, 15) is 9.90 Å². The molecule has 0 aromatic rings. The molecule has 17 heavy (non-hydrogen) atoms. The van der Waals surface area contributed by atoms with Crippen LogP contribution in [0.2, 0.25) is 0 Å². The zero-order chi connectivity index (χ0) is 11.9. The number of rotatable bonds is 2. The number of aliphatic hydroxyl groups excluding tert-OH is 1. The van der Waals surface area contributed by atoms with E-state index in [2.05, 4.69) is 5.32 Å². The molecule has 1 spiro atoms. The van der Waals surface area contributed by atoms with Crippen molar-refractivity contribution >= 4 is 5.91 Å². The topological polar surface area (TPSA) is 52.6 Å². The fourth-order valence-electron chi connectivity index (χ4n) is 3.77. The molecule has 2 atom stereocenters. The van der Waals surface area contributed by atoms with Gasteiger partial charge in [-0.2, -0.15) is 0 Å². The number of hydrogen-bond donors (Lipinski definition) is 2. The summed E-state index contributed by atoms with van der Waals surface area (Å²) in [5.74, 6) is 0.830. The van der Waals surface area contributed by atoms with E-state index in [-0.39, 0.29) is 17.9 Å². The lowest BCUT2D eigenvalue weighted by molar-refractivity contribution is -0.134. The van der Waals surface area contributed by atoms with Crippen LogP contribution in [0.4, 0.5) is 0 Å². The Kier molecular flexibility index (Phi) is 2.87. The smallest absolute Gasteiger partial charge is 0.227 e. The Morgan fingerprint density at radius 3 is 2.76 bits per heavy atom. The van der Waals surface area contributed by atoms with Gasteiger partial charge < -0.3 is 15.3 Å². The minimum absolute atomic E-state index is 0.185. The van der Waals surface area contributed by atoms with Gasteiger partial charge in [0.15, 0.2) is 0 Å². The van der Waals surface area contributed by atoms with Crippen LogP contribution in [0.1, 0.15) is 25.7 Å². The highest BCUT2D eigenvalue weighted by Gasteiger charge is 2.51. The van der Waals surface area contributed by atoms with Crippen LogP contribution < -0.4 is 5.32 Å². The standard InChI is InChI=1S/C13H22N2O2/c16-8-11-7-15(9-13(11)3-1-4-13)12(17)10-2-5-14-6-10/h10-11,14,16H,1-9H2/t10-,11+/m0/s1. The summed E-state index contributed by atoms with van der Waals surface area (Å²) >= 11 is 0. The molecule has 1 aliphatic carbocycles. The van der Waals surface area contributed by atoms with Gasteiger partial charge in [0.1, 0.15) is 0 Å². The molecule has 2 heterocycles. The van der Waals surface area contributed by atoms with Crippen molar-refractivity contribution in [2.45, 2.75) is 25.7 Å². The van der Waals surface area contributed by atoms with Gasteiger partial charge in [-0.15, -0.1) is 0 Å². The molecule has 4 heteroatoms. The maximum absolute atomic E-state index is 12.3. The highest BCUT2D eigenvalue weighted by atomic mass is 16.3. The molecule has 96 valence electrons. The third kappa shape index (κ3) is 1.78. The quantitative estimate of drug-likeness (QED) is 0.723. The van der Waals surface area contributed by atoms with Crippen LogP contribution in [-0.4, -0.2) is 48.7 Å². The second-order valence-corrected chi connectivity index (χ2v) is 6.00. The lowest BCUT2D eigenvalue weighted by atomic mass is 9.63. The molecule has 0 bridgehead atoms. The van der Waals surface area contributed by atoms with Gasteiger partial charge in [-0.3, -0.25) is 4.79 Å². The lowest BCUT2D eigenvalue weighted by Crippen LogP contribution is -2.40. The molecule has 2 N–H and O–H groups in total. The third-order valence-electron chi connectivity index (χ3n) is 5.10. The highest BCUT2D eigenvalue weighted by Crippen LogP contribution is 2.51. The summed E-state index contributed by atoms with van der Waals surface area (Å²) in [6.45, 7) is 3.73. The van der Waals surface area contributed by atoms with Crippen molar-refractivity contribution in [2.75, 3.05) is 32.8 Å². The molecule has 0 aromatic carbocycles. The molecule has 0 radical (unpaired) electrons. The normalized spacial score (nSPS) is 35.2. The van der Waals surface area contributed by atoms with Crippen LogP contribution in [0.15, 0.2) is 0 Å². The first-order chi connectivity index (χ1) is 8.25. The van der Waals surface area contributed by atoms with Crippen LogP contribution in [0.5, 0.6) is 0 Å². The fraction of sp³-hybridized carbons (Fsp3) is 0.923. The Balaban J connectivity index is 1.67. The van der Waals surface area contributed by atoms with Gasteiger partial charge >= 0.3 is 0 Å². The maximum atomic E-state index is 12.3. The van der Waals surface area contributed by atoms with Crippen molar-refractivity contribution in [2.24, 2.45) is 17.3 Å².